The van der Waals surface area contributed by atoms with E-state index in [4.69, 9.17) is 33.5 Å². The van der Waals surface area contributed by atoms with Crippen LogP contribution in [0.15, 0.2) is 22.7 Å². The van der Waals surface area contributed by atoms with Crippen LogP contribution in [-0.4, -0.2) is 5.16 Å². The molecule has 3 nitrogen and oxygen atoms in total. The van der Waals surface area contributed by atoms with Gasteiger partial charge in [-0.1, -0.05) is 60.1 Å². The molecule has 5 heteroatoms. The highest BCUT2D eigenvalue weighted by atomic mass is 35.5. The molecule has 1 fully saturated rings. The molecule has 0 unspecified atom stereocenters. The summed E-state index contributed by atoms with van der Waals surface area (Å²) in [6.07, 6.45) is 7.22. The molecule has 21 heavy (non-hydrogen) atoms. The van der Waals surface area contributed by atoms with E-state index < -0.39 is 0 Å². The van der Waals surface area contributed by atoms with Crippen LogP contribution in [0.5, 0.6) is 0 Å². The number of halogens is 2. The number of nitrogens with zero attached hydrogens (tertiary/aromatic N) is 1. The molecule has 0 bridgehead atoms. The van der Waals surface area contributed by atoms with E-state index in [0.717, 1.165) is 29.7 Å². The van der Waals surface area contributed by atoms with E-state index in [2.05, 4.69) is 5.16 Å². The molecule has 112 valence electrons. The third-order valence-corrected chi connectivity index (χ3v) is 4.83. The van der Waals surface area contributed by atoms with Gasteiger partial charge < -0.3 is 10.3 Å². The Kier molecular flexibility index (Phi) is 4.41. The van der Waals surface area contributed by atoms with Crippen LogP contribution in [0.2, 0.25) is 10.0 Å². The number of aromatic nitrogens is 1. The zero-order valence-electron chi connectivity index (χ0n) is 11.7. The van der Waals surface area contributed by atoms with Crippen molar-refractivity contribution in [1.29, 1.82) is 0 Å². The van der Waals surface area contributed by atoms with E-state index in [-0.39, 0.29) is 0 Å². The minimum atomic E-state index is 0.296. The molecule has 0 amide bonds. The SMILES string of the molecule is Nc1onc(C2CCCCCC2)c1-c1c(Cl)cccc1Cl. The monoisotopic (exact) mass is 324 g/mol. The molecule has 1 heterocycles. The standard InChI is InChI=1S/C16H18Cl2N2O/c17-11-8-5-9-12(18)13(11)14-15(20-21-16(14)19)10-6-3-1-2-4-7-10/h5,8-10H,1-4,6-7,19H2. The maximum atomic E-state index is 6.33. The summed E-state index contributed by atoms with van der Waals surface area (Å²) < 4.78 is 5.26. The van der Waals surface area contributed by atoms with Gasteiger partial charge in [0.1, 0.15) is 0 Å². The lowest BCUT2D eigenvalue weighted by Crippen LogP contribution is -2.01. The Bertz CT molecular complexity index is 611. The summed E-state index contributed by atoms with van der Waals surface area (Å²) in [5.74, 6) is 0.667. The van der Waals surface area contributed by atoms with E-state index in [1.807, 2.05) is 18.2 Å². The summed E-state index contributed by atoms with van der Waals surface area (Å²) in [6.45, 7) is 0. The van der Waals surface area contributed by atoms with Crippen LogP contribution in [0.3, 0.4) is 0 Å². The molecular formula is C16H18Cl2N2O. The van der Waals surface area contributed by atoms with E-state index in [9.17, 15) is 0 Å². The highest BCUT2D eigenvalue weighted by Gasteiger charge is 2.27. The average Bonchev–Trinajstić information content (AvgIpc) is 2.68. The quantitative estimate of drug-likeness (QED) is 0.724. The summed E-state index contributed by atoms with van der Waals surface area (Å²) in [5.41, 5.74) is 8.43. The van der Waals surface area contributed by atoms with Crippen molar-refractivity contribution in [3.63, 3.8) is 0 Å². The first-order chi connectivity index (χ1) is 10.2. The number of anilines is 1. The molecule has 1 aromatic heterocycles. The predicted molar refractivity (Wildman–Crippen MR) is 86.8 cm³/mol. The summed E-state index contributed by atoms with van der Waals surface area (Å²) >= 11 is 12.7. The van der Waals surface area contributed by atoms with Gasteiger partial charge in [0.2, 0.25) is 5.88 Å². The molecule has 1 aromatic carbocycles. The predicted octanol–water partition coefficient (Wildman–Crippen LogP) is 5.67. The minimum absolute atomic E-state index is 0.296. The van der Waals surface area contributed by atoms with Crippen LogP contribution in [0.25, 0.3) is 11.1 Å². The second-order valence-electron chi connectivity index (χ2n) is 5.59. The van der Waals surface area contributed by atoms with Gasteiger partial charge in [-0.15, -0.1) is 0 Å². The summed E-state index contributed by atoms with van der Waals surface area (Å²) in [7, 11) is 0. The summed E-state index contributed by atoms with van der Waals surface area (Å²) in [5, 5.41) is 5.37. The Morgan fingerprint density at radius 2 is 1.62 bits per heavy atom. The van der Waals surface area contributed by atoms with E-state index in [1.165, 1.54) is 25.7 Å². The topological polar surface area (TPSA) is 52.0 Å². The third-order valence-electron chi connectivity index (χ3n) is 4.20. The van der Waals surface area contributed by atoms with Gasteiger partial charge in [0.25, 0.3) is 0 Å². The molecule has 0 atom stereocenters. The Balaban J connectivity index is 2.08. The highest BCUT2D eigenvalue weighted by Crippen LogP contribution is 2.44. The molecular weight excluding hydrogens is 307 g/mol. The van der Waals surface area contributed by atoms with Crippen molar-refractivity contribution in [2.75, 3.05) is 5.73 Å². The van der Waals surface area contributed by atoms with Crippen LogP contribution in [0, 0.1) is 0 Å². The first kappa shape index (κ1) is 14.7. The van der Waals surface area contributed by atoms with Crippen molar-refractivity contribution in [3.05, 3.63) is 33.9 Å². The Hall–Kier alpha value is -1.19. The van der Waals surface area contributed by atoms with Crippen molar-refractivity contribution < 1.29 is 4.52 Å². The molecule has 2 aromatic rings. The molecule has 2 N–H and O–H groups in total. The van der Waals surface area contributed by atoms with Crippen molar-refractivity contribution in [3.8, 4) is 11.1 Å². The first-order valence-corrected chi connectivity index (χ1v) is 8.13. The highest BCUT2D eigenvalue weighted by molar-refractivity contribution is 6.39. The van der Waals surface area contributed by atoms with Crippen molar-refractivity contribution in [2.24, 2.45) is 0 Å². The molecule has 0 radical (unpaired) electrons. The number of hydrogen-bond acceptors (Lipinski definition) is 3. The largest absolute Gasteiger partial charge is 0.367 e. The molecule has 1 aliphatic carbocycles. The van der Waals surface area contributed by atoms with Crippen molar-refractivity contribution >= 4 is 29.1 Å². The van der Waals surface area contributed by atoms with Gasteiger partial charge in [-0.3, -0.25) is 0 Å². The van der Waals surface area contributed by atoms with Gasteiger partial charge in [0, 0.05) is 11.5 Å². The molecule has 1 saturated carbocycles. The smallest absolute Gasteiger partial charge is 0.230 e. The van der Waals surface area contributed by atoms with Gasteiger partial charge in [-0.25, -0.2) is 0 Å². The number of nitrogens with two attached hydrogens (primary N) is 1. The Morgan fingerprint density at radius 3 is 2.24 bits per heavy atom. The fourth-order valence-corrected chi connectivity index (χ4v) is 3.72. The lowest BCUT2D eigenvalue weighted by atomic mass is 9.91. The Morgan fingerprint density at radius 1 is 1.00 bits per heavy atom. The molecule has 1 aliphatic rings. The van der Waals surface area contributed by atoms with E-state index in [1.54, 1.807) is 0 Å². The maximum absolute atomic E-state index is 6.33. The maximum Gasteiger partial charge on any atom is 0.230 e. The zero-order valence-corrected chi connectivity index (χ0v) is 13.3. The van der Waals surface area contributed by atoms with Crippen molar-refractivity contribution in [1.82, 2.24) is 5.16 Å². The molecule has 3 rings (SSSR count). The lowest BCUT2D eigenvalue weighted by molar-refractivity contribution is 0.413. The van der Waals surface area contributed by atoms with Crippen LogP contribution in [-0.2, 0) is 0 Å². The van der Waals surface area contributed by atoms with E-state index in [0.29, 0.717) is 21.8 Å². The summed E-state index contributed by atoms with van der Waals surface area (Å²) in [6, 6.07) is 5.45. The fourth-order valence-electron chi connectivity index (χ4n) is 3.14. The average molecular weight is 325 g/mol. The second kappa shape index (κ2) is 6.29. The number of hydrogen-bond donors (Lipinski definition) is 1. The van der Waals surface area contributed by atoms with Crippen LogP contribution >= 0.6 is 23.2 Å². The second-order valence-corrected chi connectivity index (χ2v) is 6.41. The normalized spacial score (nSPS) is 16.9. The van der Waals surface area contributed by atoms with Gasteiger partial charge >= 0.3 is 0 Å². The van der Waals surface area contributed by atoms with Gasteiger partial charge in [-0.05, 0) is 25.0 Å². The summed E-state index contributed by atoms with van der Waals surface area (Å²) in [4.78, 5) is 0. The molecule has 0 spiro atoms. The number of nitrogen functional groups attached to an aromatic ring is 1. The third kappa shape index (κ3) is 2.90. The first-order valence-electron chi connectivity index (χ1n) is 7.38. The molecule has 0 saturated heterocycles. The van der Waals surface area contributed by atoms with Gasteiger partial charge in [0.15, 0.2) is 0 Å². The molecule has 0 aliphatic heterocycles. The lowest BCUT2D eigenvalue weighted by Gasteiger charge is -2.14. The van der Waals surface area contributed by atoms with Crippen molar-refractivity contribution in [2.45, 2.75) is 44.4 Å². The van der Waals surface area contributed by atoms with Gasteiger partial charge in [-0.2, -0.15) is 0 Å². The minimum Gasteiger partial charge on any atom is -0.367 e. The van der Waals surface area contributed by atoms with Crippen LogP contribution in [0.1, 0.15) is 50.1 Å². The van der Waals surface area contributed by atoms with Crippen LogP contribution < -0.4 is 5.73 Å². The number of rotatable bonds is 2. The van der Waals surface area contributed by atoms with Gasteiger partial charge in [0.05, 0.1) is 21.3 Å². The number of benzene rings is 1. The zero-order chi connectivity index (χ0) is 14.8. The fraction of sp³-hybridized carbons (Fsp3) is 0.438. The Labute approximate surface area is 134 Å². The van der Waals surface area contributed by atoms with E-state index >= 15 is 0 Å². The van der Waals surface area contributed by atoms with Crippen LogP contribution in [0.4, 0.5) is 5.88 Å².